The molecule has 0 radical (unpaired) electrons. The first kappa shape index (κ1) is 17.4. The van der Waals surface area contributed by atoms with Crippen molar-refractivity contribution >= 4 is 5.91 Å². The Balaban J connectivity index is 1.68. The molecule has 0 aliphatic carbocycles. The fourth-order valence-electron chi connectivity index (χ4n) is 3.39. The van der Waals surface area contributed by atoms with Crippen molar-refractivity contribution < 1.29 is 4.79 Å². The van der Waals surface area contributed by atoms with Crippen LogP contribution in [0.25, 0.3) is 17.1 Å². The summed E-state index contributed by atoms with van der Waals surface area (Å²) < 4.78 is 1.73. The predicted molar refractivity (Wildman–Crippen MR) is 105 cm³/mol. The van der Waals surface area contributed by atoms with E-state index in [1.165, 1.54) is 0 Å². The van der Waals surface area contributed by atoms with Gasteiger partial charge in [0.25, 0.3) is 5.91 Å². The normalized spacial score (nSPS) is 19.6. The van der Waals surface area contributed by atoms with Gasteiger partial charge in [-0.25, -0.2) is 9.67 Å². The number of aromatic nitrogens is 3. The number of para-hydroxylation sites is 1. The molecule has 2 unspecified atom stereocenters. The fourth-order valence-corrected chi connectivity index (χ4v) is 3.39. The molecule has 0 saturated carbocycles. The molecule has 138 valence electrons. The zero-order valence-corrected chi connectivity index (χ0v) is 15.3. The third-order valence-electron chi connectivity index (χ3n) is 4.94. The Morgan fingerprint density at radius 3 is 2.52 bits per heavy atom. The summed E-state index contributed by atoms with van der Waals surface area (Å²) in [5.74, 6) is 1.02. The molecule has 1 aliphatic rings. The third-order valence-corrected chi connectivity index (χ3v) is 4.94. The molecule has 0 spiro atoms. The number of nitrogens with zero attached hydrogens (tertiary/aromatic N) is 3. The quantitative estimate of drug-likeness (QED) is 0.749. The van der Waals surface area contributed by atoms with Gasteiger partial charge >= 0.3 is 0 Å². The topological polar surface area (TPSA) is 71.8 Å². The summed E-state index contributed by atoms with van der Waals surface area (Å²) in [4.78, 5) is 17.4. The zero-order chi connectivity index (χ0) is 18.6. The molecule has 4 rings (SSSR count). The Morgan fingerprint density at radius 1 is 1.11 bits per heavy atom. The van der Waals surface area contributed by atoms with E-state index in [4.69, 9.17) is 0 Å². The first-order chi connectivity index (χ1) is 13.2. The van der Waals surface area contributed by atoms with Gasteiger partial charge in [-0.15, -0.1) is 5.10 Å². The Hall–Kier alpha value is -2.99. The molecule has 2 N–H and O–H groups in total. The van der Waals surface area contributed by atoms with Crippen molar-refractivity contribution in [3.05, 3.63) is 66.5 Å². The predicted octanol–water partition coefficient (Wildman–Crippen LogP) is 2.66. The van der Waals surface area contributed by atoms with Gasteiger partial charge in [0.15, 0.2) is 5.82 Å². The summed E-state index contributed by atoms with van der Waals surface area (Å²) in [5.41, 5.74) is 1.79. The van der Waals surface area contributed by atoms with Crippen LogP contribution in [0.2, 0.25) is 0 Å². The number of amides is 1. The van der Waals surface area contributed by atoms with Crippen molar-refractivity contribution in [3.8, 4) is 17.1 Å². The minimum Gasteiger partial charge on any atom is -0.346 e. The van der Waals surface area contributed by atoms with Crippen molar-refractivity contribution in [1.82, 2.24) is 25.4 Å². The molecule has 1 fully saturated rings. The van der Waals surface area contributed by atoms with E-state index in [1.807, 2.05) is 60.7 Å². The van der Waals surface area contributed by atoms with Gasteiger partial charge in [-0.05, 0) is 37.6 Å². The van der Waals surface area contributed by atoms with Crippen LogP contribution in [-0.2, 0) is 0 Å². The highest BCUT2D eigenvalue weighted by Gasteiger charge is 2.25. The average molecular weight is 361 g/mol. The number of nitrogens with one attached hydrogen (secondary N) is 2. The Bertz CT molecular complexity index is 850. The van der Waals surface area contributed by atoms with E-state index < -0.39 is 0 Å². The highest BCUT2D eigenvalue weighted by atomic mass is 16.2. The summed E-state index contributed by atoms with van der Waals surface area (Å²) in [5, 5.41) is 11.0. The second-order valence-electron chi connectivity index (χ2n) is 6.92. The van der Waals surface area contributed by atoms with Crippen molar-refractivity contribution in [2.24, 2.45) is 5.92 Å². The Morgan fingerprint density at radius 2 is 1.81 bits per heavy atom. The van der Waals surface area contributed by atoms with E-state index in [9.17, 15) is 4.79 Å². The van der Waals surface area contributed by atoms with E-state index in [-0.39, 0.29) is 17.8 Å². The van der Waals surface area contributed by atoms with Crippen LogP contribution in [0.5, 0.6) is 0 Å². The Kier molecular flexibility index (Phi) is 4.98. The molecule has 6 nitrogen and oxygen atoms in total. The van der Waals surface area contributed by atoms with Crippen LogP contribution in [0.1, 0.15) is 24.0 Å². The molecular weight excluding hydrogens is 338 g/mol. The summed E-state index contributed by atoms with van der Waals surface area (Å²) in [7, 11) is 0. The molecule has 0 bridgehead atoms. The molecule has 1 aliphatic heterocycles. The highest BCUT2D eigenvalue weighted by molar-refractivity contribution is 5.91. The van der Waals surface area contributed by atoms with E-state index in [2.05, 4.69) is 27.6 Å². The van der Waals surface area contributed by atoms with Gasteiger partial charge in [0, 0.05) is 11.6 Å². The summed E-state index contributed by atoms with van der Waals surface area (Å²) >= 11 is 0. The second-order valence-corrected chi connectivity index (χ2v) is 6.92. The van der Waals surface area contributed by atoms with Crippen molar-refractivity contribution in [2.45, 2.75) is 19.4 Å². The van der Waals surface area contributed by atoms with Crippen LogP contribution in [0.15, 0.2) is 60.7 Å². The van der Waals surface area contributed by atoms with Gasteiger partial charge in [-0.3, -0.25) is 4.79 Å². The van der Waals surface area contributed by atoms with E-state index >= 15 is 0 Å². The van der Waals surface area contributed by atoms with Gasteiger partial charge in [0.05, 0.1) is 5.69 Å². The number of hydrogen-bond acceptors (Lipinski definition) is 4. The SMILES string of the molecule is CC1CNCCC1NC(=O)c1nc(-c2ccccc2)n(-c2ccccc2)n1. The molecule has 1 amide bonds. The lowest BCUT2D eigenvalue weighted by molar-refractivity contribution is 0.0903. The summed E-state index contributed by atoms with van der Waals surface area (Å²) in [6.45, 7) is 3.96. The molecule has 1 saturated heterocycles. The summed E-state index contributed by atoms with van der Waals surface area (Å²) in [6, 6.07) is 19.7. The van der Waals surface area contributed by atoms with Gasteiger partial charge in [-0.2, -0.15) is 0 Å². The molecule has 6 heteroatoms. The van der Waals surface area contributed by atoms with Gasteiger partial charge < -0.3 is 10.6 Å². The van der Waals surface area contributed by atoms with Crippen LogP contribution in [0.3, 0.4) is 0 Å². The second kappa shape index (κ2) is 7.72. The van der Waals surface area contributed by atoms with E-state index in [1.54, 1.807) is 4.68 Å². The van der Waals surface area contributed by atoms with E-state index in [0.29, 0.717) is 11.7 Å². The monoisotopic (exact) mass is 361 g/mol. The lowest BCUT2D eigenvalue weighted by Gasteiger charge is -2.29. The van der Waals surface area contributed by atoms with Crippen LogP contribution in [-0.4, -0.2) is 39.8 Å². The maximum absolute atomic E-state index is 12.8. The van der Waals surface area contributed by atoms with Gasteiger partial charge in [0.2, 0.25) is 5.82 Å². The molecule has 2 aromatic carbocycles. The number of carbonyl (C=O) groups excluding carboxylic acids is 1. The number of hydrogen-bond donors (Lipinski definition) is 2. The highest BCUT2D eigenvalue weighted by Crippen LogP contribution is 2.21. The standard InChI is InChI=1S/C21H23N5O/c1-15-14-22-13-12-18(15)23-21(27)19-24-20(16-8-4-2-5-9-16)26(25-19)17-10-6-3-7-11-17/h2-11,15,18,22H,12-14H2,1H3,(H,23,27). The number of benzene rings is 2. The lowest BCUT2D eigenvalue weighted by Crippen LogP contribution is -2.48. The summed E-state index contributed by atoms with van der Waals surface area (Å²) in [6.07, 6.45) is 0.915. The smallest absolute Gasteiger partial charge is 0.291 e. The van der Waals surface area contributed by atoms with E-state index in [0.717, 1.165) is 30.8 Å². The van der Waals surface area contributed by atoms with Crippen LogP contribution >= 0.6 is 0 Å². The largest absolute Gasteiger partial charge is 0.346 e. The maximum atomic E-state index is 12.8. The van der Waals surface area contributed by atoms with Gasteiger partial charge in [-0.1, -0.05) is 55.5 Å². The number of piperidine rings is 1. The van der Waals surface area contributed by atoms with Crippen LogP contribution in [0.4, 0.5) is 0 Å². The minimum absolute atomic E-state index is 0.141. The number of carbonyl (C=O) groups is 1. The molecule has 27 heavy (non-hydrogen) atoms. The zero-order valence-electron chi connectivity index (χ0n) is 15.3. The third kappa shape index (κ3) is 3.75. The first-order valence-corrected chi connectivity index (χ1v) is 9.32. The van der Waals surface area contributed by atoms with Crippen molar-refractivity contribution in [1.29, 1.82) is 0 Å². The molecule has 2 heterocycles. The minimum atomic E-state index is -0.222. The molecule has 2 atom stereocenters. The van der Waals surface area contributed by atoms with Gasteiger partial charge in [0.1, 0.15) is 0 Å². The first-order valence-electron chi connectivity index (χ1n) is 9.32. The van der Waals surface area contributed by atoms with Crippen molar-refractivity contribution in [3.63, 3.8) is 0 Å². The molecular formula is C21H23N5O. The maximum Gasteiger partial charge on any atom is 0.291 e. The van der Waals surface area contributed by atoms with Crippen LogP contribution in [0, 0.1) is 5.92 Å². The fraction of sp³-hybridized carbons (Fsp3) is 0.286. The lowest BCUT2D eigenvalue weighted by atomic mass is 9.95. The number of rotatable bonds is 4. The average Bonchev–Trinajstić information content (AvgIpc) is 3.17. The Labute approximate surface area is 158 Å². The molecule has 1 aromatic heterocycles. The van der Waals surface area contributed by atoms with Crippen LogP contribution < -0.4 is 10.6 Å². The van der Waals surface area contributed by atoms with Crippen molar-refractivity contribution in [2.75, 3.05) is 13.1 Å². The molecule has 3 aromatic rings.